The van der Waals surface area contributed by atoms with Crippen LogP contribution in [0.4, 0.5) is 18.9 Å². The van der Waals surface area contributed by atoms with Crippen molar-refractivity contribution in [3.8, 4) is 0 Å². The minimum atomic E-state index is -5.05. The van der Waals surface area contributed by atoms with Gasteiger partial charge in [-0.25, -0.2) is 4.98 Å². The number of aromatic nitrogens is 1. The highest BCUT2D eigenvalue weighted by Gasteiger charge is 2.58. The third-order valence-electron chi connectivity index (χ3n) is 3.83. The Bertz CT molecular complexity index is 922. The fourth-order valence-corrected chi connectivity index (χ4v) is 3.58. The van der Waals surface area contributed by atoms with Crippen LogP contribution in [0.2, 0.25) is 0 Å². The van der Waals surface area contributed by atoms with Crippen molar-refractivity contribution in [1.29, 1.82) is 0 Å². The topological polar surface area (TPSA) is 62.2 Å². The minimum absolute atomic E-state index is 0.342. The second kappa shape index (κ2) is 6.69. The van der Waals surface area contributed by atoms with Gasteiger partial charge in [0.25, 0.3) is 0 Å². The maximum absolute atomic E-state index is 13.6. The molecule has 0 unspecified atom stereocenters. The molecular formula is C18H15F3N2O2S. The number of rotatable bonds is 4. The van der Waals surface area contributed by atoms with Crippen LogP contribution in [0.15, 0.2) is 48.5 Å². The molecule has 0 aliphatic rings. The lowest BCUT2D eigenvalue weighted by molar-refractivity contribution is -0.266. The van der Waals surface area contributed by atoms with Gasteiger partial charge in [-0.3, -0.25) is 4.79 Å². The largest absolute Gasteiger partial charge is 0.424 e. The van der Waals surface area contributed by atoms with Crippen LogP contribution in [-0.2, 0) is 10.4 Å². The van der Waals surface area contributed by atoms with Crippen LogP contribution in [0.1, 0.15) is 17.0 Å². The van der Waals surface area contributed by atoms with E-state index in [1.165, 1.54) is 0 Å². The average molecular weight is 380 g/mol. The van der Waals surface area contributed by atoms with E-state index in [-0.39, 0.29) is 0 Å². The maximum Gasteiger partial charge on any atom is 0.424 e. The average Bonchev–Trinajstić information content (AvgIpc) is 2.98. The molecule has 2 N–H and O–H groups in total. The predicted molar refractivity (Wildman–Crippen MR) is 94.0 cm³/mol. The van der Waals surface area contributed by atoms with E-state index in [1.807, 2.05) is 0 Å². The van der Waals surface area contributed by atoms with Crippen LogP contribution < -0.4 is 5.32 Å². The molecule has 0 aliphatic heterocycles. The lowest BCUT2D eigenvalue weighted by Crippen LogP contribution is -2.45. The molecule has 3 aromatic rings. The van der Waals surface area contributed by atoms with Crippen LogP contribution in [0.25, 0.3) is 10.2 Å². The number of hydrogen-bond acceptors (Lipinski definition) is 4. The van der Waals surface area contributed by atoms with E-state index in [2.05, 4.69) is 10.3 Å². The Kier molecular flexibility index (Phi) is 4.72. The number of para-hydroxylation sites is 1. The third-order valence-corrected chi connectivity index (χ3v) is 5.02. The number of nitrogens with one attached hydrogen (secondary N) is 1. The smallest absolute Gasteiger partial charge is 0.374 e. The molecule has 0 saturated carbocycles. The number of carbonyl (C=O) groups excluding carboxylic acids is 1. The van der Waals surface area contributed by atoms with Crippen molar-refractivity contribution < 1.29 is 23.1 Å². The number of aliphatic hydroxyl groups is 1. The first-order valence-corrected chi connectivity index (χ1v) is 8.52. The zero-order chi connectivity index (χ0) is 18.9. The van der Waals surface area contributed by atoms with Gasteiger partial charge in [-0.2, -0.15) is 13.2 Å². The molecule has 4 nitrogen and oxygen atoms in total. The van der Waals surface area contributed by atoms with Gasteiger partial charge in [-0.1, -0.05) is 24.3 Å². The SMILES string of the molecule is Cc1cccc(NC(=O)C[C@](O)(c2nc3ccccc3s2)C(F)(F)F)c1. The fourth-order valence-electron chi connectivity index (χ4n) is 2.51. The fraction of sp³-hybridized carbons (Fsp3) is 0.222. The molecule has 1 amide bonds. The molecule has 0 saturated heterocycles. The van der Waals surface area contributed by atoms with Crippen molar-refractivity contribution in [3.05, 3.63) is 59.1 Å². The summed E-state index contributed by atoms with van der Waals surface area (Å²) < 4.78 is 41.4. The molecule has 26 heavy (non-hydrogen) atoms. The molecular weight excluding hydrogens is 365 g/mol. The molecule has 0 bridgehead atoms. The number of hydrogen-bond donors (Lipinski definition) is 2. The van der Waals surface area contributed by atoms with Gasteiger partial charge in [0, 0.05) is 5.69 Å². The molecule has 136 valence electrons. The molecule has 8 heteroatoms. The highest BCUT2D eigenvalue weighted by Crippen LogP contribution is 2.44. The van der Waals surface area contributed by atoms with Crippen molar-refractivity contribution >= 4 is 33.1 Å². The molecule has 1 atom stereocenters. The highest BCUT2D eigenvalue weighted by atomic mass is 32.1. The van der Waals surface area contributed by atoms with E-state index in [0.29, 0.717) is 15.9 Å². The molecule has 3 rings (SSSR count). The van der Waals surface area contributed by atoms with Gasteiger partial charge in [0.2, 0.25) is 11.5 Å². The molecule has 0 aliphatic carbocycles. The number of anilines is 1. The third kappa shape index (κ3) is 3.56. The monoisotopic (exact) mass is 380 g/mol. The van der Waals surface area contributed by atoms with Gasteiger partial charge < -0.3 is 10.4 Å². The lowest BCUT2D eigenvalue weighted by Gasteiger charge is -2.27. The summed E-state index contributed by atoms with van der Waals surface area (Å²) in [7, 11) is 0. The Labute approximate surface area is 151 Å². The van der Waals surface area contributed by atoms with E-state index < -0.39 is 29.1 Å². The minimum Gasteiger partial charge on any atom is -0.374 e. The standard InChI is InChI=1S/C18H15F3N2O2S/c1-11-5-4-6-12(9-11)22-15(24)10-17(25,18(19,20)21)16-23-13-7-2-3-8-14(13)26-16/h2-9,25H,10H2,1H3,(H,22,24)/t17-/m0/s1. The van der Waals surface area contributed by atoms with Crippen LogP contribution in [0, 0.1) is 6.92 Å². The van der Waals surface area contributed by atoms with E-state index >= 15 is 0 Å². The number of benzene rings is 2. The number of halogens is 3. The van der Waals surface area contributed by atoms with Crippen molar-refractivity contribution in [3.63, 3.8) is 0 Å². The van der Waals surface area contributed by atoms with E-state index in [1.54, 1.807) is 55.5 Å². The van der Waals surface area contributed by atoms with Crippen molar-refractivity contribution in [1.82, 2.24) is 4.98 Å². The van der Waals surface area contributed by atoms with Crippen LogP contribution in [0.3, 0.4) is 0 Å². The second-order valence-electron chi connectivity index (χ2n) is 5.94. The number of nitrogens with zero attached hydrogens (tertiary/aromatic N) is 1. The normalized spacial score (nSPS) is 14.2. The van der Waals surface area contributed by atoms with E-state index in [9.17, 15) is 23.1 Å². The van der Waals surface area contributed by atoms with Crippen molar-refractivity contribution in [2.45, 2.75) is 25.1 Å². The zero-order valence-electron chi connectivity index (χ0n) is 13.7. The quantitative estimate of drug-likeness (QED) is 0.706. The summed E-state index contributed by atoms with van der Waals surface area (Å²) in [5, 5.41) is 12.2. The van der Waals surface area contributed by atoms with Gasteiger partial charge in [0.05, 0.1) is 16.6 Å². The maximum atomic E-state index is 13.6. The number of alkyl halides is 3. The molecule has 2 aromatic carbocycles. The number of fused-ring (bicyclic) bond motifs is 1. The van der Waals surface area contributed by atoms with Crippen molar-refractivity contribution in [2.75, 3.05) is 5.32 Å². The first kappa shape index (κ1) is 18.3. The Hall–Kier alpha value is -2.45. The molecule has 1 heterocycles. The molecule has 0 radical (unpaired) electrons. The number of carbonyl (C=O) groups is 1. The lowest BCUT2D eigenvalue weighted by atomic mass is 9.99. The Morgan fingerprint density at radius 2 is 1.92 bits per heavy atom. The molecule has 0 spiro atoms. The number of amides is 1. The van der Waals surface area contributed by atoms with E-state index in [4.69, 9.17) is 0 Å². The second-order valence-corrected chi connectivity index (χ2v) is 6.97. The van der Waals surface area contributed by atoms with Gasteiger partial charge in [-0.05, 0) is 36.8 Å². The highest BCUT2D eigenvalue weighted by molar-refractivity contribution is 7.18. The summed E-state index contributed by atoms with van der Waals surface area (Å²) in [5.41, 5.74) is -1.80. The predicted octanol–water partition coefficient (Wildman–Crippen LogP) is 4.38. The van der Waals surface area contributed by atoms with Gasteiger partial charge in [-0.15, -0.1) is 11.3 Å². The van der Waals surface area contributed by atoms with E-state index in [0.717, 1.165) is 16.9 Å². The number of thiazole rings is 1. The summed E-state index contributed by atoms with van der Waals surface area (Å²) in [5.74, 6) is -0.949. The Morgan fingerprint density at radius 3 is 2.58 bits per heavy atom. The summed E-state index contributed by atoms with van der Waals surface area (Å²) in [6.45, 7) is 1.79. The molecule has 1 aromatic heterocycles. The van der Waals surface area contributed by atoms with Gasteiger partial charge in [0.15, 0.2) is 0 Å². The summed E-state index contributed by atoms with van der Waals surface area (Å²) >= 11 is 0.721. The zero-order valence-corrected chi connectivity index (χ0v) is 14.5. The summed E-state index contributed by atoms with van der Waals surface area (Å²) in [4.78, 5) is 16.1. The Balaban J connectivity index is 1.91. The Morgan fingerprint density at radius 1 is 1.19 bits per heavy atom. The van der Waals surface area contributed by atoms with Crippen LogP contribution in [0.5, 0.6) is 0 Å². The summed E-state index contributed by atoms with van der Waals surface area (Å²) in [6.07, 6.45) is -6.23. The van der Waals surface area contributed by atoms with Crippen LogP contribution >= 0.6 is 11.3 Å². The van der Waals surface area contributed by atoms with Crippen LogP contribution in [-0.4, -0.2) is 22.2 Å². The summed E-state index contributed by atoms with van der Waals surface area (Å²) in [6, 6.07) is 13.1. The molecule has 0 fully saturated rings. The number of aryl methyl sites for hydroxylation is 1. The van der Waals surface area contributed by atoms with Gasteiger partial charge in [0.1, 0.15) is 5.01 Å². The van der Waals surface area contributed by atoms with Crippen molar-refractivity contribution in [2.24, 2.45) is 0 Å². The first-order chi connectivity index (χ1) is 12.2. The van der Waals surface area contributed by atoms with Gasteiger partial charge >= 0.3 is 6.18 Å². The first-order valence-electron chi connectivity index (χ1n) is 7.71.